The van der Waals surface area contributed by atoms with Gasteiger partial charge >= 0.3 is 6.03 Å². The minimum Gasteiger partial charge on any atom is -0.497 e. The van der Waals surface area contributed by atoms with Crippen LogP contribution in [0.3, 0.4) is 0 Å². The van der Waals surface area contributed by atoms with Crippen LogP contribution in [-0.2, 0) is 11.3 Å². The van der Waals surface area contributed by atoms with E-state index in [9.17, 15) is 9.59 Å². The van der Waals surface area contributed by atoms with E-state index in [4.69, 9.17) is 4.74 Å². The van der Waals surface area contributed by atoms with Crippen molar-refractivity contribution in [3.63, 3.8) is 0 Å². The summed E-state index contributed by atoms with van der Waals surface area (Å²) < 4.78 is 5.15. The highest BCUT2D eigenvalue weighted by Crippen LogP contribution is 2.58. The van der Waals surface area contributed by atoms with Crippen LogP contribution in [0, 0.1) is 11.3 Å². The lowest BCUT2D eigenvalue weighted by Crippen LogP contribution is -2.60. The first-order chi connectivity index (χ1) is 16.0. The van der Waals surface area contributed by atoms with Gasteiger partial charge in [-0.2, -0.15) is 0 Å². The molecule has 0 unspecified atom stereocenters. The van der Waals surface area contributed by atoms with Gasteiger partial charge in [-0.1, -0.05) is 12.1 Å². The molecular weight excluding hydrogens is 416 g/mol. The number of pyridine rings is 1. The summed E-state index contributed by atoms with van der Waals surface area (Å²) in [7, 11) is 1.64. The van der Waals surface area contributed by atoms with Gasteiger partial charge in [0, 0.05) is 36.9 Å². The fourth-order valence-corrected chi connectivity index (χ4v) is 5.72. The van der Waals surface area contributed by atoms with Crippen LogP contribution in [0.5, 0.6) is 5.75 Å². The zero-order valence-corrected chi connectivity index (χ0v) is 19.0. The minimum absolute atomic E-state index is 0.131. The average molecular weight is 449 g/mol. The van der Waals surface area contributed by atoms with Crippen molar-refractivity contribution in [3.05, 3.63) is 59.9 Å². The quantitative estimate of drug-likeness (QED) is 0.604. The average Bonchev–Trinajstić information content (AvgIpc) is 2.76. The molecule has 3 N–H and O–H groups in total. The van der Waals surface area contributed by atoms with Crippen LogP contribution in [0.25, 0.3) is 0 Å². The summed E-state index contributed by atoms with van der Waals surface area (Å²) in [6.45, 7) is 0.485. The molecule has 7 nitrogen and oxygen atoms in total. The van der Waals surface area contributed by atoms with Crippen molar-refractivity contribution in [3.8, 4) is 5.75 Å². The standard InChI is InChI=1S/C26H32N4O3/c1-33-23-4-2-17(3-5-23)16-28-25(32)30-22-14-26(15-22)12-20(13-26)24(31)29-21-10-19(11-21)18-6-8-27-9-7-18/h2-9,19-22H,10-16H2,1H3,(H,29,31)(H2,28,30,32). The summed E-state index contributed by atoms with van der Waals surface area (Å²) in [5.74, 6) is 1.69. The van der Waals surface area contributed by atoms with E-state index in [0.717, 1.165) is 49.8 Å². The van der Waals surface area contributed by atoms with Gasteiger partial charge < -0.3 is 20.7 Å². The van der Waals surface area contributed by atoms with Crippen molar-refractivity contribution in [1.29, 1.82) is 0 Å². The van der Waals surface area contributed by atoms with Crippen LogP contribution in [0.1, 0.15) is 55.6 Å². The number of amides is 3. The molecule has 5 rings (SSSR count). The number of nitrogens with one attached hydrogen (secondary N) is 3. The predicted octanol–water partition coefficient (Wildman–Crippen LogP) is 3.51. The predicted molar refractivity (Wildman–Crippen MR) is 125 cm³/mol. The third kappa shape index (κ3) is 4.82. The summed E-state index contributed by atoms with van der Waals surface area (Å²) in [6, 6.07) is 12.2. The summed E-state index contributed by atoms with van der Waals surface area (Å²) in [6.07, 6.45) is 9.55. The molecule has 0 bridgehead atoms. The highest BCUT2D eigenvalue weighted by atomic mass is 16.5. The molecule has 3 aliphatic carbocycles. The number of benzene rings is 1. The van der Waals surface area contributed by atoms with E-state index >= 15 is 0 Å². The second kappa shape index (κ2) is 9.04. The Morgan fingerprint density at radius 2 is 1.67 bits per heavy atom. The molecule has 3 fully saturated rings. The van der Waals surface area contributed by atoms with Crippen molar-refractivity contribution in [2.45, 2.75) is 63.1 Å². The molecule has 1 heterocycles. The zero-order chi connectivity index (χ0) is 22.8. The van der Waals surface area contributed by atoms with Gasteiger partial charge in [0.1, 0.15) is 5.75 Å². The van der Waals surface area contributed by atoms with E-state index in [-0.39, 0.29) is 29.3 Å². The number of hydrogen-bond acceptors (Lipinski definition) is 4. The Hall–Kier alpha value is -3.09. The van der Waals surface area contributed by atoms with Gasteiger partial charge in [0.15, 0.2) is 0 Å². The Balaban J connectivity index is 0.964. The SMILES string of the molecule is COc1ccc(CNC(=O)NC2CC3(C2)CC(C(=O)NC2CC(c4ccncc4)C2)C3)cc1. The van der Waals surface area contributed by atoms with Crippen molar-refractivity contribution >= 4 is 11.9 Å². The lowest BCUT2D eigenvalue weighted by molar-refractivity contribution is -0.139. The van der Waals surface area contributed by atoms with E-state index in [1.165, 1.54) is 5.56 Å². The number of carbonyl (C=O) groups is 2. The number of carbonyl (C=O) groups excluding carboxylic acids is 2. The third-order valence-electron chi connectivity index (χ3n) is 7.70. The number of rotatable bonds is 7. The van der Waals surface area contributed by atoms with Crippen molar-refractivity contribution < 1.29 is 14.3 Å². The first-order valence-corrected chi connectivity index (χ1v) is 11.9. The van der Waals surface area contributed by atoms with E-state index in [1.54, 1.807) is 7.11 Å². The molecule has 33 heavy (non-hydrogen) atoms. The molecule has 3 amide bonds. The molecule has 3 saturated carbocycles. The fourth-order valence-electron chi connectivity index (χ4n) is 5.72. The fraction of sp³-hybridized carbons (Fsp3) is 0.500. The highest BCUT2D eigenvalue weighted by molar-refractivity contribution is 5.80. The number of aromatic nitrogens is 1. The smallest absolute Gasteiger partial charge is 0.315 e. The van der Waals surface area contributed by atoms with Gasteiger partial charge in [-0.3, -0.25) is 9.78 Å². The lowest BCUT2D eigenvalue weighted by Gasteiger charge is -2.57. The van der Waals surface area contributed by atoms with E-state index in [0.29, 0.717) is 18.5 Å². The number of hydrogen-bond donors (Lipinski definition) is 3. The van der Waals surface area contributed by atoms with Gasteiger partial charge in [0.25, 0.3) is 0 Å². The van der Waals surface area contributed by atoms with Gasteiger partial charge in [-0.25, -0.2) is 4.79 Å². The summed E-state index contributed by atoms with van der Waals surface area (Å²) in [4.78, 5) is 28.9. The molecule has 0 radical (unpaired) electrons. The van der Waals surface area contributed by atoms with Gasteiger partial charge in [0.2, 0.25) is 5.91 Å². The normalized spacial score (nSPS) is 29.7. The zero-order valence-electron chi connectivity index (χ0n) is 19.0. The number of ether oxygens (including phenoxy) is 1. The molecule has 7 heteroatoms. The van der Waals surface area contributed by atoms with Crippen LogP contribution in [-0.4, -0.2) is 36.1 Å². The Kier molecular flexibility index (Phi) is 5.96. The molecule has 2 aromatic rings. The Bertz CT molecular complexity index is 974. The summed E-state index contributed by atoms with van der Waals surface area (Å²) >= 11 is 0. The Morgan fingerprint density at radius 3 is 2.33 bits per heavy atom. The molecular formula is C26H32N4O3. The van der Waals surface area contributed by atoms with E-state index < -0.39 is 0 Å². The third-order valence-corrected chi connectivity index (χ3v) is 7.70. The largest absolute Gasteiger partial charge is 0.497 e. The van der Waals surface area contributed by atoms with Gasteiger partial charge in [-0.05, 0) is 85.3 Å². The van der Waals surface area contributed by atoms with E-state index in [2.05, 4.69) is 33.1 Å². The van der Waals surface area contributed by atoms with Crippen molar-refractivity contribution in [2.75, 3.05) is 7.11 Å². The highest BCUT2D eigenvalue weighted by Gasteiger charge is 2.55. The monoisotopic (exact) mass is 448 g/mol. The number of methoxy groups -OCH3 is 1. The molecule has 0 aliphatic heterocycles. The Labute approximate surface area is 194 Å². The minimum atomic E-state index is -0.131. The molecule has 1 aromatic heterocycles. The van der Waals surface area contributed by atoms with E-state index in [1.807, 2.05) is 36.7 Å². The maximum atomic E-state index is 12.6. The first-order valence-electron chi connectivity index (χ1n) is 11.9. The maximum Gasteiger partial charge on any atom is 0.315 e. The van der Waals surface area contributed by atoms with Crippen LogP contribution in [0.2, 0.25) is 0 Å². The van der Waals surface area contributed by atoms with Crippen LogP contribution >= 0.6 is 0 Å². The summed E-state index contributed by atoms with van der Waals surface area (Å²) in [5, 5.41) is 9.23. The van der Waals surface area contributed by atoms with Crippen LogP contribution in [0.4, 0.5) is 4.79 Å². The van der Waals surface area contributed by atoms with Crippen LogP contribution < -0.4 is 20.7 Å². The molecule has 174 valence electrons. The number of urea groups is 1. The van der Waals surface area contributed by atoms with Crippen LogP contribution in [0.15, 0.2) is 48.8 Å². The van der Waals surface area contributed by atoms with Crippen molar-refractivity contribution in [2.24, 2.45) is 11.3 Å². The first kappa shape index (κ1) is 21.7. The van der Waals surface area contributed by atoms with Gasteiger partial charge in [0.05, 0.1) is 7.11 Å². The Morgan fingerprint density at radius 1 is 0.970 bits per heavy atom. The topological polar surface area (TPSA) is 92.4 Å². The molecule has 3 aliphatic rings. The summed E-state index contributed by atoms with van der Waals surface area (Å²) in [5.41, 5.74) is 2.61. The van der Waals surface area contributed by atoms with Gasteiger partial charge in [-0.15, -0.1) is 0 Å². The molecule has 1 aromatic carbocycles. The van der Waals surface area contributed by atoms with Crippen molar-refractivity contribution in [1.82, 2.24) is 20.9 Å². The maximum absolute atomic E-state index is 12.6. The molecule has 1 spiro atoms. The number of nitrogens with zero attached hydrogens (tertiary/aromatic N) is 1. The lowest BCUT2D eigenvalue weighted by atomic mass is 9.50. The molecule has 0 atom stereocenters. The second-order valence-corrected chi connectivity index (χ2v) is 10.0. The second-order valence-electron chi connectivity index (χ2n) is 10.0. The molecule has 0 saturated heterocycles.